The van der Waals surface area contributed by atoms with Gasteiger partial charge in [-0.3, -0.25) is 4.79 Å². The molecule has 1 saturated heterocycles. The number of ether oxygens (including phenoxy) is 1. The van der Waals surface area contributed by atoms with Crippen molar-refractivity contribution in [2.75, 3.05) is 26.3 Å². The van der Waals surface area contributed by atoms with E-state index in [-0.39, 0.29) is 5.92 Å². The molecule has 1 amide bonds. The molecule has 0 aromatic heterocycles. The summed E-state index contributed by atoms with van der Waals surface area (Å²) in [6.07, 6.45) is 4.62. The summed E-state index contributed by atoms with van der Waals surface area (Å²) in [4.78, 5) is 14.3. The van der Waals surface area contributed by atoms with Gasteiger partial charge in [-0.1, -0.05) is 18.2 Å². The number of hydrogen-bond donors (Lipinski definition) is 0. The van der Waals surface area contributed by atoms with Crippen LogP contribution in [0.15, 0.2) is 23.8 Å². The van der Waals surface area contributed by atoms with Gasteiger partial charge >= 0.3 is 0 Å². The summed E-state index contributed by atoms with van der Waals surface area (Å²) >= 11 is 0. The normalized spacial score (nSPS) is 22.8. The Bertz CT molecular complexity index is 340. The minimum absolute atomic E-state index is 0.174. The van der Waals surface area contributed by atoms with Crippen LogP contribution in [0.1, 0.15) is 26.2 Å². The van der Waals surface area contributed by atoms with Crippen LogP contribution in [-0.2, 0) is 9.53 Å². The van der Waals surface area contributed by atoms with Crippen molar-refractivity contribution in [1.82, 2.24) is 4.90 Å². The van der Waals surface area contributed by atoms with Gasteiger partial charge in [0.2, 0.25) is 5.91 Å². The van der Waals surface area contributed by atoms with Gasteiger partial charge in [-0.05, 0) is 31.8 Å². The lowest BCUT2D eigenvalue weighted by Gasteiger charge is -2.33. The molecule has 1 fully saturated rings. The molecule has 2 aliphatic rings. The molecule has 0 aromatic rings. The molecule has 0 saturated carbocycles. The maximum atomic E-state index is 12.3. The molecule has 94 valence electrons. The van der Waals surface area contributed by atoms with Gasteiger partial charge in [0, 0.05) is 32.2 Å². The van der Waals surface area contributed by atoms with E-state index in [1.54, 1.807) is 0 Å². The van der Waals surface area contributed by atoms with Crippen LogP contribution in [0.25, 0.3) is 0 Å². The van der Waals surface area contributed by atoms with Crippen molar-refractivity contribution in [3.8, 4) is 0 Å². The quantitative estimate of drug-likeness (QED) is 0.734. The second kappa shape index (κ2) is 5.50. The molecule has 2 heterocycles. The summed E-state index contributed by atoms with van der Waals surface area (Å²) in [7, 11) is 0. The largest absolute Gasteiger partial charge is 0.381 e. The van der Waals surface area contributed by atoms with Gasteiger partial charge in [0.1, 0.15) is 0 Å². The Morgan fingerprint density at radius 1 is 1.47 bits per heavy atom. The van der Waals surface area contributed by atoms with E-state index in [4.69, 9.17) is 4.74 Å². The van der Waals surface area contributed by atoms with E-state index in [9.17, 15) is 4.79 Å². The first-order valence-electron chi connectivity index (χ1n) is 6.40. The summed E-state index contributed by atoms with van der Waals surface area (Å²) in [6.45, 7) is 9.02. The minimum atomic E-state index is 0.174. The SMILES string of the molecule is C=CC1=C(C)CCN(C(=O)C2CCOCC2)C1. The summed E-state index contributed by atoms with van der Waals surface area (Å²) in [5, 5.41) is 0. The molecule has 0 radical (unpaired) electrons. The zero-order valence-corrected chi connectivity index (χ0v) is 10.6. The molecular weight excluding hydrogens is 214 g/mol. The Morgan fingerprint density at radius 2 is 2.18 bits per heavy atom. The first-order chi connectivity index (χ1) is 8.22. The Kier molecular flexibility index (Phi) is 4.00. The maximum absolute atomic E-state index is 12.3. The lowest BCUT2D eigenvalue weighted by atomic mass is 9.95. The van der Waals surface area contributed by atoms with Crippen molar-refractivity contribution in [3.63, 3.8) is 0 Å². The van der Waals surface area contributed by atoms with Crippen molar-refractivity contribution >= 4 is 5.91 Å². The van der Waals surface area contributed by atoms with E-state index in [2.05, 4.69) is 13.5 Å². The summed E-state index contributed by atoms with van der Waals surface area (Å²) in [5.41, 5.74) is 2.59. The first-order valence-corrected chi connectivity index (χ1v) is 6.40. The van der Waals surface area contributed by atoms with Crippen molar-refractivity contribution < 1.29 is 9.53 Å². The van der Waals surface area contributed by atoms with Crippen LogP contribution in [0.4, 0.5) is 0 Å². The highest BCUT2D eigenvalue weighted by Gasteiger charge is 2.28. The summed E-state index contributed by atoms with van der Waals surface area (Å²) < 4.78 is 5.30. The Balaban J connectivity index is 1.99. The average molecular weight is 235 g/mol. The third-order valence-electron chi connectivity index (χ3n) is 3.79. The van der Waals surface area contributed by atoms with Gasteiger partial charge < -0.3 is 9.64 Å². The third kappa shape index (κ3) is 2.78. The second-order valence-corrected chi connectivity index (χ2v) is 4.91. The molecule has 0 atom stereocenters. The molecule has 0 aliphatic carbocycles. The number of carbonyl (C=O) groups excluding carboxylic acids is 1. The lowest BCUT2D eigenvalue weighted by Crippen LogP contribution is -2.42. The Morgan fingerprint density at radius 3 is 2.82 bits per heavy atom. The topological polar surface area (TPSA) is 29.5 Å². The van der Waals surface area contributed by atoms with Crippen LogP contribution < -0.4 is 0 Å². The second-order valence-electron chi connectivity index (χ2n) is 4.91. The maximum Gasteiger partial charge on any atom is 0.226 e. The van der Waals surface area contributed by atoms with Gasteiger partial charge in [0.25, 0.3) is 0 Å². The van der Waals surface area contributed by atoms with E-state index in [1.165, 1.54) is 11.1 Å². The highest BCUT2D eigenvalue weighted by atomic mass is 16.5. The fourth-order valence-electron chi connectivity index (χ4n) is 2.51. The van der Waals surface area contributed by atoms with E-state index in [0.29, 0.717) is 5.91 Å². The molecule has 0 bridgehead atoms. The van der Waals surface area contributed by atoms with E-state index < -0.39 is 0 Å². The van der Waals surface area contributed by atoms with E-state index in [0.717, 1.165) is 45.6 Å². The lowest BCUT2D eigenvalue weighted by molar-refractivity contribution is -0.138. The Hall–Kier alpha value is -1.09. The molecule has 17 heavy (non-hydrogen) atoms. The number of rotatable bonds is 2. The number of amides is 1. The van der Waals surface area contributed by atoms with Crippen molar-refractivity contribution in [1.29, 1.82) is 0 Å². The van der Waals surface area contributed by atoms with Crippen LogP contribution in [-0.4, -0.2) is 37.1 Å². The molecule has 3 nitrogen and oxygen atoms in total. The van der Waals surface area contributed by atoms with Crippen LogP contribution in [0.5, 0.6) is 0 Å². The molecule has 2 aliphatic heterocycles. The zero-order chi connectivity index (χ0) is 12.3. The van der Waals surface area contributed by atoms with Crippen LogP contribution >= 0.6 is 0 Å². The van der Waals surface area contributed by atoms with Crippen molar-refractivity contribution in [2.24, 2.45) is 5.92 Å². The number of carbonyl (C=O) groups is 1. The predicted molar refractivity (Wildman–Crippen MR) is 67.6 cm³/mol. The molecule has 0 spiro atoms. The zero-order valence-electron chi connectivity index (χ0n) is 10.6. The van der Waals surface area contributed by atoms with E-state index in [1.807, 2.05) is 11.0 Å². The minimum Gasteiger partial charge on any atom is -0.381 e. The van der Waals surface area contributed by atoms with Crippen molar-refractivity contribution in [2.45, 2.75) is 26.2 Å². The van der Waals surface area contributed by atoms with E-state index >= 15 is 0 Å². The van der Waals surface area contributed by atoms with Gasteiger partial charge in [-0.25, -0.2) is 0 Å². The van der Waals surface area contributed by atoms with Gasteiger partial charge in [0.05, 0.1) is 0 Å². The van der Waals surface area contributed by atoms with Crippen LogP contribution in [0.2, 0.25) is 0 Å². The average Bonchev–Trinajstić information content (AvgIpc) is 2.39. The van der Waals surface area contributed by atoms with Gasteiger partial charge in [-0.15, -0.1) is 0 Å². The van der Waals surface area contributed by atoms with Gasteiger partial charge in [0.15, 0.2) is 0 Å². The standard InChI is InChI=1S/C14H21NO2/c1-3-12-10-15(7-4-11(12)2)14(16)13-5-8-17-9-6-13/h3,13H,1,4-10H2,2H3. The van der Waals surface area contributed by atoms with Crippen LogP contribution in [0.3, 0.4) is 0 Å². The summed E-state index contributed by atoms with van der Waals surface area (Å²) in [6, 6.07) is 0. The fourth-order valence-corrected chi connectivity index (χ4v) is 2.51. The third-order valence-corrected chi connectivity index (χ3v) is 3.79. The molecule has 0 N–H and O–H groups in total. The molecule has 3 heteroatoms. The van der Waals surface area contributed by atoms with Gasteiger partial charge in [-0.2, -0.15) is 0 Å². The monoisotopic (exact) mass is 235 g/mol. The molecule has 0 unspecified atom stereocenters. The van der Waals surface area contributed by atoms with Crippen molar-refractivity contribution in [3.05, 3.63) is 23.8 Å². The molecular formula is C14H21NO2. The highest BCUT2D eigenvalue weighted by Crippen LogP contribution is 2.23. The summed E-state index contributed by atoms with van der Waals surface area (Å²) in [5.74, 6) is 0.480. The number of nitrogens with zero attached hydrogens (tertiary/aromatic N) is 1. The fraction of sp³-hybridized carbons (Fsp3) is 0.643. The van der Waals surface area contributed by atoms with Crippen LogP contribution in [0, 0.1) is 5.92 Å². The smallest absolute Gasteiger partial charge is 0.226 e. The Labute approximate surface area is 103 Å². The predicted octanol–water partition coefficient (Wildman–Crippen LogP) is 2.15. The number of hydrogen-bond acceptors (Lipinski definition) is 2. The molecule has 0 aromatic carbocycles. The highest BCUT2D eigenvalue weighted by molar-refractivity contribution is 5.79. The molecule has 2 rings (SSSR count). The first kappa shape index (κ1) is 12.4.